The predicted octanol–water partition coefficient (Wildman–Crippen LogP) is 17.8. The van der Waals surface area contributed by atoms with E-state index in [1.54, 1.807) is 5.57 Å². The van der Waals surface area contributed by atoms with Crippen molar-refractivity contribution in [3.8, 4) is 0 Å². The Bertz CT molecular complexity index is 1860. The summed E-state index contributed by atoms with van der Waals surface area (Å²) in [6.07, 6.45) is 33.6. The Morgan fingerprint density at radius 2 is 1.20 bits per heavy atom. The van der Waals surface area contributed by atoms with Gasteiger partial charge in [-0.25, -0.2) is 0 Å². The van der Waals surface area contributed by atoms with Gasteiger partial charge in [0, 0.05) is 6.42 Å². The maximum Gasteiger partial charge on any atom is 0.306 e. The molecule has 5 unspecified atom stereocenters. The molecule has 0 amide bonds. The Balaban J connectivity index is 0.992. The van der Waals surface area contributed by atoms with E-state index in [0.29, 0.717) is 18.4 Å². The molecule has 0 heterocycles. The topological polar surface area (TPSA) is 44.8 Å². The van der Waals surface area contributed by atoms with E-state index in [0.717, 1.165) is 77.9 Å². The van der Waals surface area contributed by atoms with E-state index < -0.39 is 11.7 Å². The van der Waals surface area contributed by atoms with Gasteiger partial charge in [0.25, 0.3) is 0 Å². The first-order chi connectivity index (χ1) is 33.6. The number of unbranched alkanes of at least 4 members (excludes halogenated alkanes) is 12. The van der Waals surface area contributed by atoms with Gasteiger partial charge in [0.2, 0.25) is 0 Å². The minimum Gasteiger partial charge on any atom is -0.457 e. The maximum absolute atomic E-state index is 13.8. The van der Waals surface area contributed by atoms with Crippen molar-refractivity contribution in [1.29, 1.82) is 0 Å². The number of ether oxygens (including phenoxy) is 3. The van der Waals surface area contributed by atoms with E-state index in [2.05, 4.69) is 139 Å². The number of allylic oxidation sites excluding steroid dienone is 1. The molecule has 380 valence electrons. The Morgan fingerprint density at radius 1 is 0.638 bits per heavy atom. The molecule has 0 N–H and O–H groups in total. The first-order valence-electron chi connectivity index (χ1n) is 28.9. The number of carbonyl (C=O) groups excluding carboxylic acids is 1. The van der Waals surface area contributed by atoms with Gasteiger partial charge in [0.15, 0.2) is 0 Å². The lowest BCUT2D eigenvalue weighted by atomic mass is 9.47. The van der Waals surface area contributed by atoms with Gasteiger partial charge in [-0.15, -0.1) is 0 Å². The third-order valence-corrected chi connectivity index (χ3v) is 18.6. The smallest absolute Gasteiger partial charge is 0.306 e. The molecule has 9 atom stereocenters. The largest absolute Gasteiger partial charge is 0.457 e. The third-order valence-electron chi connectivity index (χ3n) is 18.6. The minimum absolute atomic E-state index is 0.113. The maximum atomic E-state index is 13.8. The first kappa shape index (κ1) is 53.6. The summed E-state index contributed by atoms with van der Waals surface area (Å²) < 4.78 is 20.7. The van der Waals surface area contributed by atoms with Gasteiger partial charge in [0.1, 0.15) is 11.7 Å². The highest BCUT2D eigenvalue weighted by Gasteiger charge is 2.59. The van der Waals surface area contributed by atoms with Crippen LogP contribution in [0.4, 0.5) is 0 Å². The summed E-state index contributed by atoms with van der Waals surface area (Å²) in [7, 11) is 0. The fraction of sp³-hybridized carbons (Fsp3) is 0.677. The van der Waals surface area contributed by atoms with Crippen LogP contribution in [-0.2, 0) is 24.6 Å². The third kappa shape index (κ3) is 13.7. The SMILES string of the molecule is CCCCCCCCCCCCCCCC(=O)OC(COC1CC[C@@]2(C)C(=CCC3C2CC[C@@]2(C)C3CC[C@@H]2[C@H](C)CCCC(C)C)C1)COC(c1ccccc1)(c1ccccc1)c1ccccc1. The van der Waals surface area contributed by atoms with Crippen molar-refractivity contribution in [2.45, 2.75) is 220 Å². The van der Waals surface area contributed by atoms with Crippen LogP contribution in [0.5, 0.6) is 0 Å². The van der Waals surface area contributed by atoms with Gasteiger partial charge >= 0.3 is 5.97 Å². The van der Waals surface area contributed by atoms with E-state index >= 15 is 0 Å². The summed E-state index contributed by atoms with van der Waals surface area (Å²) >= 11 is 0. The van der Waals surface area contributed by atoms with E-state index in [1.807, 2.05) is 0 Å². The number of hydrogen-bond acceptors (Lipinski definition) is 4. The second-order valence-electron chi connectivity index (χ2n) is 23.7. The zero-order valence-corrected chi connectivity index (χ0v) is 44.6. The van der Waals surface area contributed by atoms with Crippen molar-refractivity contribution in [1.82, 2.24) is 0 Å². The number of hydrogen-bond donors (Lipinski definition) is 0. The molecule has 3 fully saturated rings. The number of fused-ring (bicyclic) bond motifs is 5. The van der Waals surface area contributed by atoms with Crippen molar-refractivity contribution < 1.29 is 19.0 Å². The molecule has 0 aromatic heterocycles. The van der Waals surface area contributed by atoms with Crippen molar-refractivity contribution in [2.24, 2.45) is 46.3 Å². The fourth-order valence-corrected chi connectivity index (χ4v) is 14.7. The molecule has 3 saturated carbocycles. The molecule has 0 radical (unpaired) electrons. The molecule has 3 aromatic carbocycles. The quantitative estimate of drug-likeness (QED) is 0.0301. The van der Waals surface area contributed by atoms with Gasteiger partial charge in [-0.2, -0.15) is 0 Å². The molecule has 4 nitrogen and oxygen atoms in total. The van der Waals surface area contributed by atoms with E-state index in [9.17, 15) is 4.79 Å². The highest BCUT2D eigenvalue weighted by atomic mass is 16.6. The summed E-state index contributed by atoms with van der Waals surface area (Å²) in [5, 5.41) is 0. The second kappa shape index (κ2) is 26.5. The molecule has 4 aliphatic rings. The number of benzene rings is 3. The second-order valence-corrected chi connectivity index (χ2v) is 23.7. The normalized spacial score (nSPS) is 26.4. The molecule has 4 heteroatoms. The van der Waals surface area contributed by atoms with Gasteiger partial charge in [-0.05, 0) is 121 Å². The predicted molar refractivity (Wildman–Crippen MR) is 288 cm³/mol. The molecule has 3 aromatic rings. The average Bonchev–Trinajstić information content (AvgIpc) is 3.73. The number of esters is 1. The van der Waals surface area contributed by atoms with Crippen molar-refractivity contribution in [3.63, 3.8) is 0 Å². The number of carbonyl (C=O) groups is 1. The lowest BCUT2D eigenvalue weighted by molar-refractivity contribution is -0.162. The Labute approximate surface area is 421 Å². The molecular formula is C65H96O4. The summed E-state index contributed by atoms with van der Waals surface area (Å²) in [6, 6.07) is 31.6. The van der Waals surface area contributed by atoms with Crippen LogP contribution in [0, 0.1) is 46.3 Å². The summed E-state index contributed by atoms with van der Waals surface area (Å²) in [5.41, 5.74) is 4.63. The zero-order chi connectivity index (χ0) is 48.5. The molecule has 0 aliphatic heterocycles. The van der Waals surface area contributed by atoms with Crippen LogP contribution in [0.25, 0.3) is 0 Å². The molecule has 69 heavy (non-hydrogen) atoms. The van der Waals surface area contributed by atoms with Crippen molar-refractivity contribution in [3.05, 3.63) is 119 Å². The minimum atomic E-state index is -0.902. The van der Waals surface area contributed by atoms with E-state index in [-0.39, 0.29) is 24.1 Å². The Kier molecular flexibility index (Phi) is 20.6. The molecular weight excluding hydrogens is 845 g/mol. The first-order valence-corrected chi connectivity index (χ1v) is 28.9. The fourth-order valence-electron chi connectivity index (χ4n) is 14.7. The molecule has 7 rings (SSSR count). The zero-order valence-electron chi connectivity index (χ0n) is 44.6. The highest BCUT2D eigenvalue weighted by molar-refractivity contribution is 5.69. The van der Waals surface area contributed by atoms with Gasteiger partial charge < -0.3 is 14.2 Å². The standard InChI is InChI=1S/C65H96O4/c1-7-8-9-10-11-12-13-14-15-16-17-18-28-38-62(66)69-57(49-68-65(52-32-22-19-23-33-52,53-34-24-20-25-35-53)54-36-26-21-27-37-54)48-67-56-43-45-63(5)55(47-56)39-40-58-60-42-41-59(51(4)31-29-30-50(2)3)64(60,6)46-44-61(58)63/h19-27,32-37,39,50-51,56-61H,7-18,28-31,38,40-49H2,1-6H3/t51-,56?,57?,58?,59-,60?,61?,63+,64-/m1/s1. The summed E-state index contributed by atoms with van der Waals surface area (Å²) in [5.74, 6) is 4.86. The summed E-state index contributed by atoms with van der Waals surface area (Å²) in [6.45, 7) is 15.5. The molecule has 0 spiro atoms. The molecule has 0 bridgehead atoms. The van der Waals surface area contributed by atoms with Gasteiger partial charge in [-0.3, -0.25) is 4.79 Å². The van der Waals surface area contributed by atoms with Crippen molar-refractivity contribution in [2.75, 3.05) is 13.2 Å². The molecule has 4 aliphatic carbocycles. The molecule has 0 saturated heterocycles. The van der Waals surface area contributed by atoms with Crippen LogP contribution in [-0.4, -0.2) is 31.4 Å². The highest BCUT2D eigenvalue weighted by Crippen LogP contribution is 2.67. The van der Waals surface area contributed by atoms with Crippen LogP contribution in [0.15, 0.2) is 103 Å². The van der Waals surface area contributed by atoms with Crippen LogP contribution in [0.2, 0.25) is 0 Å². The lowest BCUT2D eigenvalue weighted by Crippen LogP contribution is -2.51. The van der Waals surface area contributed by atoms with Crippen LogP contribution < -0.4 is 0 Å². The Hall–Kier alpha value is -3.21. The monoisotopic (exact) mass is 941 g/mol. The van der Waals surface area contributed by atoms with Crippen LogP contribution >= 0.6 is 0 Å². The van der Waals surface area contributed by atoms with Crippen LogP contribution in [0.1, 0.15) is 219 Å². The van der Waals surface area contributed by atoms with Gasteiger partial charge in [-0.1, -0.05) is 240 Å². The Morgan fingerprint density at radius 3 is 1.77 bits per heavy atom. The van der Waals surface area contributed by atoms with Crippen molar-refractivity contribution >= 4 is 5.97 Å². The lowest BCUT2D eigenvalue weighted by Gasteiger charge is -2.58. The van der Waals surface area contributed by atoms with E-state index in [1.165, 1.54) is 128 Å². The van der Waals surface area contributed by atoms with Crippen LogP contribution in [0.3, 0.4) is 0 Å². The van der Waals surface area contributed by atoms with E-state index in [4.69, 9.17) is 14.2 Å². The average molecular weight is 941 g/mol. The number of rotatable bonds is 29. The summed E-state index contributed by atoms with van der Waals surface area (Å²) in [4.78, 5) is 13.8. The van der Waals surface area contributed by atoms with Gasteiger partial charge in [0.05, 0.1) is 19.3 Å².